The number of carbonyl (C=O) groups excluding carboxylic acids is 1. The van der Waals surface area contributed by atoms with Crippen molar-refractivity contribution in [3.63, 3.8) is 0 Å². The summed E-state index contributed by atoms with van der Waals surface area (Å²) in [5, 5.41) is 19.2. The fourth-order valence-electron chi connectivity index (χ4n) is 2.70. The zero-order valence-electron chi connectivity index (χ0n) is 15.1. The summed E-state index contributed by atoms with van der Waals surface area (Å²) in [6.45, 7) is 0.486. The van der Waals surface area contributed by atoms with E-state index in [1.54, 1.807) is 47.6 Å². The van der Waals surface area contributed by atoms with Gasteiger partial charge >= 0.3 is 5.97 Å². The molecule has 1 atom stereocenters. The number of esters is 1. The molecular formula is C19H19N5O4. The highest BCUT2D eigenvalue weighted by atomic mass is 16.5. The number of nitriles is 1. The van der Waals surface area contributed by atoms with Gasteiger partial charge in [0.15, 0.2) is 5.69 Å². The van der Waals surface area contributed by atoms with E-state index in [4.69, 9.17) is 15.2 Å². The van der Waals surface area contributed by atoms with Gasteiger partial charge in [0, 0.05) is 24.3 Å². The number of benzene rings is 1. The number of rotatable bonds is 7. The molecule has 0 aliphatic heterocycles. The molecule has 2 aromatic heterocycles. The Morgan fingerprint density at radius 1 is 1.39 bits per heavy atom. The maximum absolute atomic E-state index is 12.0. The van der Waals surface area contributed by atoms with E-state index in [2.05, 4.69) is 4.98 Å². The molecule has 0 amide bonds. The maximum Gasteiger partial charge on any atom is 0.357 e. The summed E-state index contributed by atoms with van der Waals surface area (Å²) in [6.07, 6.45) is 5.80. The highest BCUT2D eigenvalue weighted by Crippen LogP contribution is 2.25. The molecule has 0 aliphatic carbocycles. The van der Waals surface area contributed by atoms with Gasteiger partial charge in [-0.05, 0) is 24.3 Å². The van der Waals surface area contributed by atoms with Crippen LogP contribution in [0.15, 0.2) is 49.2 Å². The zero-order chi connectivity index (χ0) is 20.1. The molecule has 0 saturated carbocycles. The number of aliphatic hydroxyl groups is 1. The number of aliphatic hydroxyl groups excluding tert-OH is 1. The molecule has 3 N–H and O–H groups in total. The molecule has 3 aromatic rings. The van der Waals surface area contributed by atoms with Gasteiger partial charge < -0.3 is 29.4 Å². The van der Waals surface area contributed by atoms with Crippen LogP contribution >= 0.6 is 0 Å². The summed E-state index contributed by atoms with van der Waals surface area (Å²) in [5.41, 5.74) is 6.84. The van der Waals surface area contributed by atoms with Crippen LogP contribution in [0.3, 0.4) is 0 Å². The van der Waals surface area contributed by atoms with E-state index >= 15 is 0 Å². The molecule has 0 aliphatic rings. The van der Waals surface area contributed by atoms with Crippen molar-refractivity contribution in [2.75, 3.05) is 19.5 Å². The number of nitrogens with two attached hydrogens (primary N) is 1. The number of carbonyl (C=O) groups is 1. The second-order valence-corrected chi connectivity index (χ2v) is 6.00. The number of nitrogen functional groups attached to an aromatic ring is 1. The Morgan fingerprint density at radius 3 is 2.75 bits per heavy atom. The first-order valence-corrected chi connectivity index (χ1v) is 8.39. The Bertz CT molecular complexity index is 987. The summed E-state index contributed by atoms with van der Waals surface area (Å²) in [7, 11) is 1.25. The molecule has 28 heavy (non-hydrogen) atoms. The van der Waals surface area contributed by atoms with Gasteiger partial charge in [0.1, 0.15) is 24.5 Å². The first-order chi connectivity index (χ1) is 13.5. The first-order valence-electron chi connectivity index (χ1n) is 8.39. The lowest BCUT2D eigenvalue weighted by Gasteiger charge is -2.14. The number of hydrogen-bond donors (Lipinski definition) is 2. The summed E-state index contributed by atoms with van der Waals surface area (Å²) >= 11 is 0. The lowest BCUT2D eigenvalue weighted by molar-refractivity contribution is 0.0593. The molecule has 3 rings (SSSR count). The number of hydrogen-bond acceptors (Lipinski definition) is 7. The Labute approximate surface area is 161 Å². The average molecular weight is 381 g/mol. The van der Waals surface area contributed by atoms with Gasteiger partial charge in [-0.3, -0.25) is 0 Å². The molecule has 9 heteroatoms. The quantitative estimate of drug-likeness (QED) is 0.591. The Morgan fingerprint density at radius 2 is 2.14 bits per heavy atom. The fraction of sp³-hybridized carbons (Fsp3) is 0.211. The minimum absolute atomic E-state index is 0.0669. The highest BCUT2D eigenvalue weighted by Gasteiger charge is 2.21. The van der Waals surface area contributed by atoms with Crippen LogP contribution < -0.4 is 10.5 Å². The van der Waals surface area contributed by atoms with E-state index in [1.165, 1.54) is 17.9 Å². The number of anilines is 1. The topological polar surface area (TPSA) is 128 Å². The number of aromatic nitrogens is 3. The maximum atomic E-state index is 12.0. The van der Waals surface area contributed by atoms with Gasteiger partial charge in [-0.1, -0.05) is 0 Å². The summed E-state index contributed by atoms with van der Waals surface area (Å²) in [4.78, 5) is 16.0. The summed E-state index contributed by atoms with van der Waals surface area (Å²) < 4.78 is 13.6. The van der Waals surface area contributed by atoms with E-state index in [9.17, 15) is 15.2 Å². The zero-order valence-corrected chi connectivity index (χ0v) is 15.1. The van der Waals surface area contributed by atoms with Crippen molar-refractivity contribution >= 4 is 11.7 Å². The third-order valence-corrected chi connectivity index (χ3v) is 4.08. The van der Waals surface area contributed by atoms with Gasteiger partial charge in [0.2, 0.25) is 0 Å². The van der Waals surface area contributed by atoms with Crippen LogP contribution in [0.25, 0.3) is 5.69 Å². The van der Waals surface area contributed by atoms with Crippen LogP contribution in [0.4, 0.5) is 5.69 Å². The lowest BCUT2D eigenvalue weighted by Crippen LogP contribution is -2.23. The van der Waals surface area contributed by atoms with Crippen LogP contribution in [0.2, 0.25) is 0 Å². The SMILES string of the molecule is COC(=O)c1c(N)c(C#N)cn1-c1ccc(OCC(O)Cn2ccnc2)cc1. The molecule has 0 saturated heterocycles. The van der Waals surface area contributed by atoms with E-state index in [1.807, 2.05) is 6.07 Å². The van der Waals surface area contributed by atoms with Gasteiger partial charge in [0.05, 0.1) is 31.2 Å². The van der Waals surface area contributed by atoms with Crippen LogP contribution in [0, 0.1) is 11.3 Å². The monoisotopic (exact) mass is 381 g/mol. The second kappa shape index (κ2) is 8.28. The summed E-state index contributed by atoms with van der Waals surface area (Å²) in [6, 6.07) is 8.77. The number of imidazole rings is 1. The van der Waals surface area contributed by atoms with E-state index in [0.29, 0.717) is 18.0 Å². The minimum Gasteiger partial charge on any atom is -0.491 e. The molecular weight excluding hydrogens is 362 g/mol. The Balaban J connectivity index is 1.72. The van der Waals surface area contributed by atoms with Crippen LogP contribution in [-0.4, -0.2) is 45.0 Å². The van der Waals surface area contributed by atoms with E-state index in [-0.39, 0.29) is 23.6 Å². The molecule has 0 radical (unpaired) electrons. The predicted octanol–water partition coefficient (Wildman–Crippen LogP) is 1.35. The van der Waals surface area contributed by atoms with Crippen molar-refractivity contribution in [1.82, 2.24) is 14.1 Å². The van der Waals surface area contributed by atoms with Crippen molar-refractivity contribution in [1.29, 1.82) is 5.26 Å². The molecule has 144 valence electrons. The molecule has 1 unspecified atom stereocenters. The average Bonchev–Trinajstić information content (AvgIpc) is 3.33. The number of nitrogens with zero attached hydrogens (tertiary/aromatic N) is 4. The summed E-state index contributed by atoms with van der Waals surface area (Å²) in [5.74, 6) is -0.0874. The number of ether oxygens (including phenoxy) is 2. The van der Waals surface area contributed by atoms with Gasteiger partial charge in [-0.25, -0.2) is 9.78 Å². The largest absolute Gasteiger partial charge is 0.491 e. The molecule has 1 aromatic carbocycles. The van der Waals surface area contributed by atoms with Crippen molar-refractivity contribution in [2.45, 2.75) is 12.6 Å². The Hall–Kier alpha value is -3.77. The molecule has 0 spiro atoms. The van der Waals surface area contributed by atoms with Gasteiger partial charge in [-0.15, -0.1) is 0 Å². The van der Waals surface area contributed by atoms with Crippen molar-refractivity contribution < 1.29 is 19.4 Å². The van der Waals surface area contributed by atoms with E-state index < -0.39 is 12.1 Å². The van der Waals surface area contributed by atoms with E-state index in [0.717, 1.165) is 0 Å². The van der Waals surface area contributed by atoms with Crippen LogP contribution in [-0.2, 0) is 11.3 Å². The fourth-order valence-corrected chi connectivity index (χ4v) is 2.70. The van der Waals surface area contributed by atoms with Crippen molar-refractivity contribution in [3.8, 4) is 17.5 Å². The molecule has 9 nitrogen and oxygen atoms in total. The normalized spacial score (nSPS) is 11.6. The number of methoxy groups -OCH3 is 1. The second-order valence-electron chi connectivity index (χ2n) is 6.00. The van der Waals surface area contributed by atoms with Gasteiger partial charge in [0.25, 0.3) is 0 Å². The van der Waals surface area contributed by atoms with Crippen molar-refractivity contribution in [3.05, 3.63) is 60.4 Å². The van der Waals surface area contributed by atoms with Crippen LogP contribution in [0.5, 0.6) is 5.75 Å². The molecule has 2 heterocycles. The third-order valence-electron chi connectivity index (χ3n) is 4.08. The molecule has 0 fully saturated rings. The van der Waals surface area contributed by atoms with Crippen molar-refractivity contribution in [2.24, 2.45) is 0 Å². The lowest BCUT2D eigenvalue weighted by atomic mass is 10.2. The first kappa shape index (κ1) is 19.0. The van der Waals surface area contributed by atoms with Gasteiger partial charge in [-0.2, -0.15) is 5.26 Å². The smallest absolute Gasteiger partial charge is 0.357 e. The predicted molar refractivity (Wildman–Crippen MR) is 100.0 cm³/mol. The standard InChI is InChI=1S/C19H19N5O4/c1-27-19(26)18-17(21)13(8-20)9-24(18)14-2-4-16(5-3-14)28-11-15(25)10-23-7-6-22-12-23/h2-7,9,12,15,25H,10-11,21H2,1H3. The Kier molecular flexibility index (Phi) is 5.62. The van der Waals surface area contributed by atoms with Crippen LogP contribution in [0.1, 0.15) is 16.1 Å². The third kappa shape index (κ3) is 3.97. The highest BCUT2D eigenvalue weighted by molar-refractivity contribution is 5.95. The molecule has 0 bridgehead atoms. The minimum atomic E-state index is -0.692.